The number of aryl methyl sites for hydroxylation is 1. The molecule has 1 aromatic carbocycles. The Bertz CT molecular complexity index is 258. The number of halogens is 1. The fourth-order valence-electron chi connectivity index (χ4n) is 0.717. The molecule has 0 saturated heterocycles. The molecule has 1 rings (SSSR count). The third-order valence-corrected chi connectivity index (χ3v) is 1.55. The predicted molar refractivity (Wildman–Crippen MR) is 40.2 cm³/mol. The van der Waals surface area contributed by atoms with Crippen molar-refractivity contribution < 1.29 is 5.53 Å². The molecule has 52 valence electrons. The van der Waals surface area contributed by atoms with Crippen molar-refractivity contribution in [3.63, 3.8) is 0 Å². The number of hydrogen-bond donors (Lipinski definition) is 1. The molecule has 2 N–H and O–H groups in total. The van der Waals surface area contributed by atoms with E-state index in [1.54, 1.807) is 6.07 Å². The molecule has 0 fully saturated rings. The SMILES string of the molecule is Cc1ccc(N=[NH2+])c(Cl)c1. The van der Waals surface area contributed by atoms with E-state index in [0.29, 0.717) is 10.7 Å². The monoisotopic (exact) mass is 155 g/mol. The van der Waals surface area contributed by atoms with E-state index < -0.39 is 0 Å². The molecule has 0 radical (unpaired) electrons. The molecular formula is C7H8ClN2+. The molecule has 0 unspecified atom stereocenters. The van der Waals surface area contributed by atoms with E-state index in [2.05, 4.69) is 5.11 Å². The van der Waals surface area contributed by atoms with Crippen LogP contribution in [0.2, 0.25) is 5.02 Å². The Morgan fingerprint density at radius 3 is 2.70 bits per heavy atom. The summed E-state index contributed by atoms with van der Waals surface area (Å²) in [7, 11) is 0. The zero-order chi connectivity index (χ0) is 7.56. The minimum atomic E-state index is 0.600. The van der Waals surface area contributed by atoms with Gasteiger partial charge in [0.15, 0.2) is 0 Å². The number of nitrogens with zero attached hydrogens (tertiary/aromatic N) is 1. The zero-order valence-electron chi connectivity index (χ0n) is 5.63. The maximum Gasteiger partial charge on any atom is 0.148 e. The first-order valence-electron chi connectivity index (χ1n) is 2.91. The second kappa shape index (κ2) is 2.80. The average Bonchev–Trinajstić information content (AvgIpc) is 1.88. The van der Waals surface area contributed by atoms with Gasteiger partial charge in [-0.1, -0.05) is 17.7 Å². The van der Waals surface area contributed by atoms with Crippen molar-refractivity contribution in [2.24, 2.45) is 5.11 Å². The fraction of sp³-hybridized carbons (Fsp3) is 0.143. The summed E-state index contributed by atoms with van der Waals surface area (Å²) in [6.45, 7) is 1.96. The molecule has 0 aliphatic rings. The predicted octanol–water partition coefficient (Wildman–Crippen LogP) is 1.49. The lowest BCUT2D eigenvalue weighted by atomic mass is 10.2. The summed E-state index contributed by atoms with van der Waals surface area (Å²) in [5.41, 5.74) is 6.78. The van der Waals surface area contributed by atoms with Crippen LogP contribution in [0, 0.1) is 6.92 Å². The molecule has 1 aromatic rings. The lowest BCUT2D eigenvalue weighted by Gasteiger charge is -1.93. The van der Waals surface area contributed by atoms with E-state index in [1.165, 1.54) is 0 Å². The van der Waals surface area contributed by atoms with Crippen LogP contribution < -0.4 is 5.53 Å². The Hall–Kier alpha value is -0.890. The maximum absolute atomic E-state index is 5.76. The Kier molecular flexibility index (Phi) is 2.02. The van der Waals surface area contributed by atoms with Gasteiger partial charge in [0.1, 0.15) is 5.69 Å². The van der Waals surface area contributed by atoms with Gasteiger partial charge in [0, 0.05) is 0 Å². The second-order valence-electron chi connectivity index (χ2n) is 2.08. The van der Waals surface area contributed by atoms with E-state index in [-0.39, 0.29) is 0 Å². The molecule has 0 aromatic heterocycles. The first kappa shape index (κ1) is 7.22. The van der Waals surface area contributed by atoms with Crippen LogP contribution in [-0.2, 0) is 0 Å². The van der Waals surface area contributed by atoms with Crippen LogP contribution >= 0.6 is 11.6 Å². The highest BCUT2D eigenvalue weighted by molar-refractivity contribution is 6.33. The van der Waals surface area contributed by atoms with Gasteiger partial charge >= 0.3 is 0 Å². The van der Waals surface area contributed by atoms with Gasteiger partial charge in [0.2, 0.25) is 0 Å². The first-order valence-corrected chi connectivity index (χ1v) is 3.29. The average molecular weight is 156 g/mol. The lowest BCUT2D eigenvalue weighted by molar-refractivity contribution is -0.210. The number of nitrogens with two attached hydrogens (primary N) is 1. The van der Waals surface area contributed by atoms with E-state index in [0.717, 1.165) is 5.56 Å². The van der Waals surface area contributed by atoms with Crippen LogP contribution in [0.5, 0.6) is 0 Å². The minimum absolute atomic E-state index is 0.600. The highest BCUT2D eigenvalue weighted by Crippen LogP contribution is 2.23. The Labute approximate surface area is 64.3 Å². The molecule has 0 bridgehead atoms. The molecular weight excluding hydrogens is 148 g/mol. The van der Waals surface area contributed by atoms with Crippen LogP contribution in [0.1, 0.15) is 5.56 Å². The zero-order valence-corrected chi connectivity index (χ0v) is 6.39. The minimum Gasteiger partial charge on any atom is -0.152 e. The van der Waals surface area contributed by atoms with Gasteiger partial charge in [0.05, 0.1) is 5.02 Å². The van der Waals surface area contributed by atoms with Gasteiger partial charge in [0.25, 0.3) is 0 Å². The summed E-state index contributed by atoms with van der Waals surface area (Å²) < 4.78 is 0. The molecule has 3 heteroatoms. The molecule has 2 nitrogen and oxygen atoms in total. The molecule has 0 aliphatic carbocycles. The quantitative estimate of drug-likeness (QED) is 0.597. The van der Waals surface area contributed by atoms with Gasteiger partial charge in [-0.3, -0.25) is 0 Å². The standard InChI is InChI=1S/C7H7ClN2/c1-5-2-3-7(10-9)6(8)4-5/h2-4,9H,1H3/p+1. The topological polar surface area (TPSA) is 38.0 Å². The van der Waals surface area contributed by atoms with Crippen molar-refractivity contribution in [1.82, 2.24) is 0 Å². The van der Waals surface area contributed by atoms with Crippen LogP contribution in [0.15, 0.2) is 23.3 Å². The summed E-state index contributed by atoms with van der Waals surface area (Å²) >= 11 is 5.76. The van der Waals surface area contributed by atoms with Crippen LogP contribution in [0.25, 0.3) is 0 Å². The van der Waals surface area contributed by atoms with Crippen molar-refractivity contribution in [3.8, 4) is 0 Å². The molecule has 0 atom stereocenters. The fourth-order valence-corrected chi connectivity index (χ4v) is 1.00. The molecule has 10 heavy (non-hydrogen) atoms. The van der Waals surface area contributed by atoms with Crippen LogP contribution in [-0.4, -0.2) is 0 Å². The summed E-state index contributed by atoms with van der Waals surface area (Å²) in [6.07, 6.45) is 0. The van der Waals surface area contributed by atoms with Crippen LogP contribution in [0.3, 0.4) is 0 Å². The van der Waals surface area contributed by atoms with Crippen molar-refractivity contribution >= 4 is 17.3 Å². The highest BCUT2D eigenvalue weighted by Gasteiger charge is 1.98. The van der Waals surface area contributed by atoms with E-state index in [1.807, 2.05) is 19.1 Å². The third-order valence-electron chi connectivity index (χ3n) is 1.24. The van der Waals surface area contributed by atoms with Gasteiger partial charge in [-0.05, 0) is 29.7 Å². The van der Waals surface area contributed by atoms with Gasteiger partial charge in [-0.15, -0.1) is 0 Å². The third kappa shape index (κ3) is 1.33. The number of rotatable bonds is 1. The van der Waals surface area contributed by atoms with E-state index >= 15 is 0 Å². The van der Waals surface area contributed by atoms with Crippen molar-refractivity contribution in [2.45, 2.75) is 6.92 Å². The van der Waals surface area contributed by atoms with Gasteiger partial charge < -0.3 is 0 Å². The largest absolute Gasteiger partial charge is 0.152 e. The molecule has 0 aliphatic heterocycles. The lowest BCUT2D eigenvalue weighted by Crippen LogP contribution is -2.21. The summed E-state index contributed by atoms with van der Waals surface area (Å²) in [6, 6.07) is 5.53. The van der Waals surface area contributed by atoms with Gasteiger partial charge in [-0.25, -0.2) is 0 Å². The van der Waals surface area contributed by atoms with Crippen molar-refractivity contribution in [2.75, 3.05) is 0 Å². The summed E-state index contributed by atoms with van der Waals surface area (Å²) in [4.78, 5) is 0. The molecule has 0 amide bonds. The smallest absolute Gasteiger partial charge is 0.148 e. The normalized spacial score (nSPS) is 9.40. The van der Waals surface area contributed by atoms with E-state index in [4.69, 9.17) is 17.1 Å². The first-order chi connectivity index (χ1) is 4.74. The summed E-state index contributed by atoms with van der Waals surface area (Å²) in [5.74, 6) is 0. The molecule has 0 saturated carbocycles. The number of hydrogen-bond acceptors (Lipinski definition) is 1. The Balaban J connectivity index is 3.19. The van der Waals surface area contributed by atoms with E-state index in [9.17, 15) is 0 Å². The van der Waals surface area contributed by atoms with Crippen molar-refractivity contribution in [1.29, 1.82) is 0 Å². The molecule has 0 spiro atoms. The Morgan fingerprint density at radius 2 is 2.20 bits per heavy atom. The van der Waals surface area contributed by atoms with Crippen molar-refractivity contribution in [3.05, 3.63) is 28.8 Å². The maximum atomic E-state index is 5.76. The summed E-state index contributed by atoms with van der Waals surface area (Å²) in [5, 5.41) is 4.08. The van der Waals surface area contributed by atoms with Crippen LogP contribution in [0.4, 0.5) is 5.69 Å². The Morgan fingerprint density at radius 1 is 1.50 bits per heavy atom. The van der Waals surface area contributed by atoms with Gasteiger partial charge in [-0.2, -0.15) is 5.53 Å². The molecule has 0 heterocycles. The highest BCUT2D eigenvalue weighted by atomic mass is 35.5. The number of benzene rings is 1. The second-order valence-corrected chi connectivity index (χ2v) is 2.49.